The Labute approximate surface area is 331 Å². The zero-order chi connectivity index (χ0) is 38.9. The largest absolute Gasteiger partial charge is 0.348 e. The number of nitrogens with zero attached hydrogens (tertiary/aromatic N) is 4. The summed E-state index contributed by atoms with van der Waals surface area (Å²) in [6.45, 7) is 4.25. The predicted octanol–water partition coefficient (Wildman–Crippen LogP) is 4.01. The number of hydrogen-bond acceptors (Lipinski definition) is 6. The van der Waals surface area contributed by atoms with Gasteiger partial charge in [0.05, 0.1) is 22.1 Å². The van der Waals surface area contributed by atoms with E-state index in [1.54, 1.807) is 17.1 Å². The minimum absolute atomic E-state index is 0.0751. The Hall–Kier alpha value is -5.43. The molecule has 2 saturated heterocycles. The molecule has 0 radical (unpaired) electrons. The predicted molar refractivity (Wildman–Crippen MR) is 215 cm³/mol. The summed E-state index contributed by atoms with van der Waals surface area (Å²) in [6.07, 6.45) is 13.0. The van der Waals surface area contributed by atoms with Gasteiger partial charge in [0.1, 0.15) is 11.4 Å². The Balaban J connectivity index is 0.792. The molecule has 2 unspecified atom stereocenters. The Morgan fingerprint density at radius 3 is 2.07 bits per heavy atom. The van der Waals surface area contributed by atoms with E-state index in [0.29, 0.717) is 55.2 Å². The van der Waals surface area contributed by atoms with Crippen LogP contribution in [0.4, 0.5) is 0 Å². The lowest BCUT2D eigenvalue weighted by atomic mass is 9.74. The van der Waals surface area contributed by atoms with Gasteiger partial charge in [0.15, 0.2) is 0 Å². The third-order valence-corrected chi connectivity index (χ3v) is 13.7. The first-order valence-corrected chi connectivity index (χ1v) is 20.9. The zero-order valence-electron chi connectivity index (χ0n) is 32.3. The molecule has 2 atom stereocenters. The number of carbonyl (C=O) groups is 5. The molecule has 2 aromatic heterocycles. The van der Waals surface area contributed by atoms with Crippen molar-refractivity contribution in [1.29, 1.82) is 0 Å². The Bertz CT molecular complexity index is 2360. The summed E-state index contributed by atoms with van der Waals surface area (Å²) in [6, 6.07) is 15.2. The van der Waals surface area contributed by atoms with Crippen molar-refractivity contribution in [2.75, 3.05) is 45.8 Å². The van der Waals surface area contributed by atoms with Crippen LogP contribution in [-0.2, 0) is 15.9 Å². The van der Waals surface area contributed by atoms with E-state index in [1.807, 2.05) is 53.4 Å². The fourth-order valence-electron chi connectivity index (χ4n) is 10.4. The van der Waals surface area contributed by atoms with E-state index in [-0.39, 0.29) is 52.7 Å². The molecule has 2 aromatic carbocycles. The van der Waals surface area contributed by atoms with Gasteiger partial charge in [-0.05, 0) is 107 Å². The first kappa shape index (κ1) is 35.9. The quantitative estimate of drug-likeness (QED) is 0.209. The summed E-state index contributed by atoms with van der Waals surface area (Å²) >= 11 is 0. The first-order chi connectivity index (χ1) is 27.7. The molecule has 4 N–H and O–H groups in total. The van der Waals surface area contributed by atoms with Gasteiger partial charge < -0.3 is 40.2 Å². The summed E-state index contributed by atoms with van der Waals surface area (Å²) in [4.78, 5) is 70.6. The Morgan fingerprint density at radius 2 is 1.42 bits per heavy atom. The maximum Gasteiger partial charge on any atom is 0.270 e. The molecule has 2 saturated carbocycles. The molecule has 6 aliphatic rings. The van der Waals surface area contributed by atoms with Crippen LogP contribution in [0.15, 0.2) is 60.7 Å². The molecule has 10 rings (SSSR count). The summed E-state index contributed by atoms with van der Waals surface area (Å²) < 4.78 is 4.35. The van der Waals surface area contributed by atoms with Crippen LogP contribution in [0.2, 0.25) is 0 Å². The summed E-state index contributed by atoms with van der Waals surface area (Å²) in [5, 5.41) is 14.6. The molecule has 6 heterocycles. The van der Waals surface area contributed by atoms with Crippen LogP contribution in [-0.4, -0.2) is 106 Å². The standard InChI is InChI=1S/C44H50N8O5/c53-38(49-18-2-7-33(25-49)48-40(55)31-11-9-28-20-36-41(56)46-26-43(13-4-14-43)51(36)34(28)22-31)8-3-19-50-27-44(15-5-16-44)52-35-23-30(12-10-29(35)21-37(52)42(50)57)39(54)47-32-6-1-17-45-24-32/h3,8-12,20-23,32-33,45H,1-2,4-7,13-19,24-27H2,(H,46,56)(H,47,54)(H,48,55). The minimum Gasteiger partial charge on any atom is -0.348 e. The average Bonchev–Trinajstić information content (AvgIpc) is 3.78. The summed E-state index contributed by atoms with van der Waals surface area (Å²) in [5.74, 6) is -0.560. The highest BCUT2D eigenvalue weighted by Gasteiger charge is 2.48. The molecule has 4 aromatic rings. The number of hydrogen-bond donors (Lipinski definition) is 4. The van der Waals surface area contributed by atoms with E-state index < -0.39 is 0 Å². The molecule has 0 bridgehead atoms. The number of piperidine rings is 2. The second-order valence-electron chi connectivity index (χ2n) is 17.3. The van der Waals surface area contributed by atoms with Gasteiger partial charge in [0, 0.05) is 79.3 Å². The number of carbonyl (C=O) groups excluding carboxylic acids is 5. The van der Waals surface area contributed by atoms with Crippen molar-refractivity contribution in [3.05, 3.63) is 83.2 Å². The third kappa shape index (κ3) is 6.12. The lowest BCUT2D eigenvalue weighted by Crippen LogP contribution is -2.56. The molecule has 296 valence electrons. The first-order valence-electron chi connectivity index (χ1n) is 20.9. The minimum atomic E-state index is -0.234. The maximum absolute atomic E-state index is 14.0. The molecule has 5 amide bonds. The number of amides is 5. The molecule has 2 spiro atoms. The van der Waals surface area contributed by atoms with E-state index in [2.05, 4.69) is 30.4 Å². The SMILES string of the molecule is O=C(NC1CCCNC1)c1ccc2cc3n(c2c1)C1(CCC1)CN(CC=CC(=O)N1CCCC(NC(=O)c2ccc4cc5n(c4c2)C2(CCC2)CNC5=O)C1)C3=O. The number of benzene rings is 2. The lowest BCUT2D eigenvalue weighted by molar-refractivity contribution is -0.127. The van der Waals surface area contributed by atoms with Gasteiger partial charge >= 0.3 is 0 Å². The van der Waals surface area contributed by atoms with Crippen LogP contribution >= 0.6 is 0 Å². The smallest absolute Gasteiger partial charge is 0.270 e. The second-order valence-corrected chi connectivity index (χ2v) is 17.3. The highest BCUT2D eigenvalue weighted by atomic mass is 16.2. The van der Waals surface area contributed by atoms with Crippen molar-refractivity contribution in [3.8, 4) is 0 Å². The van der Waals surface area contributed by atoms with Crippen LogP contribution in [0.5, 0.6) is 0 Å². The van der Waals surface area contributed by atoms with Crippen LogP contribution in [0.3, 0.4) is 0 Å². The molecule has 4 fully saturated rings. The highest BCUT2D eigenvalue weighted by Crippen LogP contribution is 2.47. The van der Waals surface area contributed by atoms with Gasteiger partial charge in [-0.15, -0.1) is 0 Å². The number of rotatable bonds is 7. The van der Waals surface area contributed by atoms with Crippen molar-refractivity contribution in [1.82, 2.24) is 40.2 Å². The molecule has 57 heavy (non-hydrogen) atoms. The Kier molecular flexibility index (Phi) is 8.76. The fraction of sp³-hybridized carbons (Fsp3) is 0.477. The molecule has 4 aliphatic heterocycles. The molecule has 13 heteroatoms. The number of nitrogens with one attached hydrogen (secondary N) is 4. The van der Waals surface area contributed by atoms with Gasteiger partial charge in [-0.25, -0.2) is 0 Å². The van der Waals surface area contributed by atoms with E-state index in [4.69, 9.17) is 0 Å². The van der Waals surface area contributed by atoms with Gasteiger partial charge in [-0.3, -0.25) is 24.0 Å². The van der Waals surface area contributed by atoms with Crippen molar-refractivity contribution in [2.45, 2.75) is 87.4 Å². The van der Waals surface area contributed by atoms with E-state index in [1.165, 1.54) is 0 Å². The lowest BCUT2D eigenvalue weighted by Gasteiger charge is -2.50. The number of aromatic nitrogens is 2. The van der Waals surface area contributed by atoms with Crippen molar-refractivity contribution in [2.24, 2.45) is 0 Å². The van der Waals surface area contributed by atoms with Crippen LogP contribution in [0.1, 0.15) is 106 Å². The van der Waals surface area contributed by atoms with Crippen LogP contribution < -0.4 is 21.3 Å². The second kappa shape index (κ2) is 13.9. The van der Waals surface area contributed by atoms with E-state index in [9.17, 15) is 24.0 Å². The average molecular weight is 771 g/mol. The van der Waals surface area contributed by atoms with Crippen LogP contribution in [0, 0.1) is 0 Å². The summed E-state index contributed by atoms with van der Waals surface area (Å²) in [7, 11) is 0. The zero-order valence-corrected chi connectivity index (χ0v) is 32.3. The van der Waals surface area contributed by atoms with Gasteiger partial charge in [-0.1, -0.05) is 18.2 Å². The molecule has 2 aliphatic carbocycles. The van der Waals surface area contributed by atoms with Crippen molar-refractivity contribution < 1.29 is 24.0 Å². The monoisotopic (exact) mass is 770 g/mol. The molecular formula is C44H50N8O5. The third-order valence-electron chi connectivity index (χ3n) is 13.7. The highest BCUT2D eigenvalue weighted by molar-refractivity contribution is 6.04. The Morgan fingerprint density at radius 1 is 0.772 bits per heavy atom. The molecule has 13 nitrogen and oxygen atoms in total. The van der Waals surface area contributed by atoms with Crippen molar-refractivity contribution >= 4 is 51.3 Å². The summed E-state index contributed by atoms with van der Waals surface area (Å²) in [5.41, 5.74) is 3.91. The van der Waals surface area contributed by atoms with E-state index >= 15 is 0 Å². The molecular weight excluding hydrogens is 721 g/mol. The van der Waals surface area contributed by atoms with Crippen LogP contribution in [0.25, 0.3) is 21.8 Å². The van der Waals surface area contributed by atoms with Crippen molar-refractivity contribution in [3.63, 3.8) is 0 Å². The topological polar surface area (TPSA) is 150 Å². The number of fused-ring (bicyclic) bond motifs is 8. The maximum atomic E-state index is 14.0. The van der Waals surface area contributed by atoms with Gasteiger partial charge in [-0.2, -0.15) is 0 Å². The van der Waals surface area contributed by atoms with Gasteiger partial charge in [0.25, 0.3) is 23.6 Å². The normalized spacial score (nSPS) is 23.6. The van der Waals surface area contributed by atoms with Gasteiger partial charge in [0.2, 0.25) is 5.91 Å². The number of likely N-dealkylation sites (tertiary alicyclic amines) is 1. The van der Waals surface area contributed by atoms with E-state index in [0.717, 1.165) is 99.1 Å². The fourth-order valence-corrected chi connectivity index (χ4v) is 10.4.